The summed E-state index contributed by atoms with van der Waals surface area (Å²) < 4.78 is 0. The van der Waals surface area contributed by atoms with Gasteiger partial charge in [0.2, 0.25) is 0 Å². The zero-order chi connectivity index (χ0) is 34.1. The Kier molecular flexibility index (Phi) is 6.17. The largest absolute Gasteiger partial charge is 0.0728 e. The highest BCUT2D eigenvalue weighted by Gasteiger charge is 2.53. The molecule has 0 radical (unpaired) electrons. The highest BCUT2D eigenvalue weighted by Crippen LogP contribution is 2.64. The summed E-state index contributed by atoms with van der Waals surface area (Å²) >= 11 is 0. The first-order valence-corrected chi connectivity index (χ1v) is 18.1. The van der Waals surface area contributed by atoms with Crippen LogP contribution in [-0.4, -0.2) is 0 Å². The van der Waals surface area contributed by atoms with E-state index in [2.05, 4.69) is 177 Å². The van der Waals surface area contributed by atoms with Crippen LogP contribution in [0.4, 0.5) is 0 Å². The molecule has 0 saturated carbocycles. The molecule has 0 heteroatoms. The summed E-state index contributed by atoms with van der Waals surface area (Å²) in [5.41, 5.74) is 22.1. The van der Waals surface area contributed by atoms with Gasteiger partial charge in [-0.15, -0.1) is 0 Å². The van der Waals surface area contributed by atoms with Crippen LogP contribution < -0.4 is 0 Å². The van der Waals surface area contributed by atoms with Crippen molar-refractivity contribution in [2.45, 2.75) is 83.5 Å². The third-order valence-corrected chi connectivity index (χ3v) is 12.1. The fourth-order valence-corrected chi connectivity index (χ4v) is 9.51. The zero-order valence-electron chi connectivity index (χ0n) is 30.3. The summed E-state index contributed by atoms with van der Waals surface area (Å²) in [7, 11) is 0. The van der Waals surface area contributed by atoms with Gasteiger partial charge < -0.3 is 0 Å². The molecule has 0 aliphatic heterocycles. The number of rotatable bonds is 2. The number of hydrogen-bond acceptors (Lipinski definition) is 0. The maximum absolute atomic E-state index is 2.56. The molecule has 3 aliphatic rings. The van der Waals surface area contributed by atoms with Crippen molar-refractivity contribution < 1.29 is 0 Å². The van der Waals surface area contributed by atoms with E-state index in [1.54, 1.807) is 0 Å². The van der Waals surface area contributed by atoms with Gasteiger partial charge in [0.05, 0.1) is 5.41 Å². The highest BCUT2D eigenvalue weighted by molar-refractivity contribution is 5.96. The average molecular weight is 635 g/mol. The molecule has 6 aromatic carbocycles. The molecular weight excluding hydrogens is 589 g/mol. The van der Waals surface area contributed by atoms with E-state index in [1.807, 2.05) is 0 Å². The van der Waals surface area contributed by atoms with Gasteiger partial charge in [0.1, 0.15) is 0 Å². The molecular formula is C49H46. The van der Waals surface area contributed by atoms with Crippen LogP contribution in [0.1, 0.15) is 111 Å². The molecule has 49 heavy (non-hydrogen) atoms. The molecule has 0 nitrogen and oxygen atoms in total. The minimum atomic E-state index is -0.388. The topological polar surface area (TPSA) is 0 Å². The molecule has 0 bridgehead atoms. The Balaban J connectivity index is 1.33. The van der Waals surface area contributed by atoms with Crippen molar-refractivity contribution in [2.24, 2.45) is 0 Å². The van der Waals surface area contributed by atoms with Gasteiger partial charge in [-0.2, -0.15) is 0 Å². The Bertz CT molecular complexity index is 2280. The Hall–Kier alpha value is -4.68. The van der Waals surface area contributed by atoms with Crippen LogP contribution in [0.3, 0.4) is 0 Å². The second kappa shape index (κ2) is 9.95. The Morgan fingerprint density at radius 2 is 0.939 bits per heavy atom. The van der Waals surface area contributed by atoms with Crippen LogP contribution in [0.15, 0.2) is 121 Å². The van der Waals surface area contributed by atoms with Gasteiger partial charge >= 0.3 is 0 Å². The van der Waals surface area contributed by atoms with Gasteiger partial charge in [-0.1, -0.05) is 177 Å². The Morgan fingerprint density at radius 1 is 0.429 bits per heavy atom. The third kappa shape index (κ3) is 4.10. The van der Waals surface area contributed by atoms with E-state index in [1.165, 1.54) is 89.0 Å². The highest BCUT2D eigenvalue weighted by atomic mass is 14.5. The molecule has 0 unspecified atom stereocenters. The van der Waals surface area contributed by atoms with Crippen molar-refractivity contribution in [3.8, 4) is 33.4 Å². The predicted octanol–water partition coefficient (Wildman–Crippen LogP) is 12.5. The predicted molar refractivity (Wildman–Crippen MR) is 207 cm³/mol. The van der Waals surface area contributed by atoms with Gasteiger partial charge in [0, 0.05) is 5.41 Å². The average Bonchev–Trinajstić information content (AvgIpc) is 3.63. The van der Waals surface area contributed by atoms with E-state index in [4.69, 9.17) is 0 Å². The smallest absolute Gasteiger partial charge is 0.0619 e. The van der Waals surface area contributed by atoms with E-state index >= 15 is 0 Å². The minimum absolute atomic E-state index is 0.0109. The first-order chi connectivity index (χ1) is 23.3. The van der Waals surface area contributed by atoms with Crippen molar-refractivity contribution in [3.63, 3.8) is 0 Å². The first kappa shape index (κ1) is 30.4. The summed E-state index contributed by atoms with van der Waals surface area (Å²) in [4.78, 5) is 0. The summed E-state index contributed by atoms with van der Waals surface area (Å²) in [6.45, 7) is 18.8. The van der Waals surface area contributed by atoms with Crippen molar-refractivity contribution in [1.29, 1.82) is 0 Å². The molecule has 0 heterocycles. The first-order valence-electron chi connectivity index (χ1n) is 18.1. The lowest BCUT2D eigenvalue weighted by Gasteiger charge is -2.34. The summed E-state index contributed by atoms with van der Waals surface area (Å²) in [6.07, 6.45) is 0.886. The molecule has 1 spiro atoms. The molecule has 0 amide bonds. The second-order valence-corrected chi connectivity index (χ2v) is 17.4. The number of fused-ring (bicyclic) bond motifs is 13. The Morgan fingerprint density at radius 3 is 1.55 bits per heavy atom. The lowest BCUT2D eigenvalue weighted by atomic mass is 9.67. The van der Waals surface area contributed by atoms with E-state index in [0.29, 0.717) is 0 Å². The second-order valence-electron chi connectivity index (χ2n) is 17.4. The molecule has 0 saturated heterocycles. The van der Waals surface area contributed by atoms with E-state index < -0.39 is 0 Å². The van der Waals surface area contributed by atoms with Crippen LogP contribution >= 0.6 is 0 Å². The van der Waals surface area contributed by atoms with E-state index in [9.17, 15) is 0 Å². The van der Waals surface area contributed by atoms with Crippen LogP contribution in [0.5, 0.6) is 0 Å². The van der Waals surface area contributed by atoms with Gasteiger partial charge in [0.15, 0.2) is 0 Å². The van der Waals surface area contributed by atoms with Crippen molar-refractivity contribution >= 4 is 0 Å². The van der Waals surface area contributed by atoms with Crippen LogP contribution in [-0.2, 0) is 28.1 Å². The molecule has 0 fully saturated rings. The summed E-state index contributed by atoms with van der Waals surface area (Å²) in [5.74, 6) is 0. The molecule has 6 aromatic rings. The number of benzene rings is 6. The Labute approximate surface area is 292 Å². The third-order valence-electron chi connectivity index (χ3n) is 12.1. The standard InChI is InChI=1S/C49H46/c1-46(2,3)32-21-23-36-37-24-22-33(47(4,5)6)29-44(37)49(43(36)28-32)42-19-12-10-15-34(42)38-17-13-14-31(45(38)49)26-30-20-25-41-39(27-30)35-16-9-11-18-40(35)48(41,7)8/h9-25,27-29H,26H2,1-8H3. The zero-order valence-corrected chi connectivity index (χ0v) is 30.3. The normalized spacial score (nSPS) is 15.8. The molecule has 0 atom stereocenters. The molecule has 242 valence electrons. The lowest BCUT2D eigenvalue weighted by Crippen LogP contribution is -2.28. The fourth-order valence-electron chi connectivity index (χ4n) is 9.51. The summed E-state index contributed by atoms with van der Waals surface area (Å²) in [5, 5.41) is 0. The van der Waals surface area contributed by atoms with Gasteiger partial charge in [-0.25, -0.2) is 0 Å². The quantitative estimate of drug-likeness (QED) is 0.177. The van der Waals surface area contributed by atoms with Crippen LogP contribution in [0.25, 0.3) is 33.4 Å². The summed E-state index contributed by atoms with van der Waals surface area (Å²) in [6, 6.07) is 47.3. The van der Waals surface area contributed by atoms with Gasteiger partial charge in [-0.05, 0) is 106 Å². The van der Waals surface area contributed by atoms with E-state index in [-0.39, 0.29) is 21.7 Å². The van der Waals surface area contributed by atoms with Crippen LogP contribution in [0.2, 0.25) is 0 Å². The van der Waals surface area contributed by atoms with Crippen LogP contribution in [0, 0.1) is 0 Å². The molecule has 9 rings (SSSR count). The van der Waals surface area contributed by atoms with Crippen molar-refractivity contribution in [2.75, 3.05) is 0 Å². The minimum Gasteiger partial charge on any atom is -0.0619 e. The number of hydrogen-bond donors (Lipinski definition) is 0. The van der Waals surface area contributed by atoms with E-state index in [0.717, 1.165) is 6.42 Å². The van der Waals surface area contributed by atoms with Gasteiger partial charge in [0.25, 0.3) is 0 Å². The van der Waals surface area contributed by atoms with Crippen molar-refractivity contribution in [1.82, 2.24) is 0 Å². The molecule has 0 aromatic heterocycles. The molecule has 3 aliphatic carbocycles. The lowest BCUT2D eigenvalue weighted by molar-refractivity contribution is 0.586. The maximum Gasteiger partial charge on any atom is 0.0728 e. The SMILES string of the molecule is CC(C)(C)c1ccc2c(c1)C1(c3cc(C(C)(C)C)ccc3-2)c2ccccc2-c2cccc(Cc3ccc4c(c3)-c3ccccc3C4(C)C)c21. The van der Waals surface area contributed by atoms with Crippen molar-refractivity contribution in [3.05, 3.63) is 177 Å². The maximum atomic E-state index is 2.56. The van der Waals surface area contributed by atoms with Gasteiger partial charge in [-0.3, -0.25) is 0 Å². The fraction of sp³-hybridized carbons (Fsp3) is 0.265. The molecule has 0 N–H and O–H groups in total. The monoisotopic (exact) mass is 634 g/mol.